The lowest BCUT2D eigenvalue weighted by Gasteiger charge is -2.13. The molecular weight excluding hydrogens is 198 g/mol. The minimum absolute atomic E-state index is 0.149. The summed E-state index contributed by atoms with van der Waals surface area (Å²) in [5.41, 5.74) is -0.149. The number of hydrogen-bond donors (Lipinski definition) is 1. The first-order chi connectivity index (χ1) is 7.13. The molecule has 2 aromatic carbocycles. The van der Waals surface area contributed by atoms with E-state index in [-0.39, 0.29) is 5.56 Å². The molecule has 0 unspecified atom stereocenters. The number of rotatable bonds is 2. The van der Waals surface area contributed by atoms with E-state index in [1.807, 2.05) is 12.1 Å². The fraction of sp³-hybridized carbons (Fsp3) is 0.167. The van der Waals surface area contributed by atoms with Gasteiger partial charge in [-0.15, -0.1) is 0 Å². The predicted molar refractivity (Wildman–Crippen MR) is 54.9 cm³/mol. The molecule has 0 radical (unpaired) electrons. The topological polar surface area (TPSA) is 20.2 Å². The second-order valence-electron chi connectivity index (χ2n) is 3.42. The molecular formula is C12H10F2O. The van der Waals surface area contributed by atoms with Gasteiger partial charge in [0.2, 0.25) is 0 Å². The Bertz CT molecular complexity index is 480. The molecule has 2 aromatic rings. The molecule has 0 saturated carbocycles. The van der Waals surface area contributed by atoms with Gasteiger partial charge in [0.15, 0.2) is 0 Å². The van der Waals surface area contributed by atoms with Crippen molar-refractivity contribution in [2.45, 2.75) is 5.92 Å². The second-order valence-corrected chi connectivity index (χ2v) is 3.42. The van der Waals surface area contributed by atoms with Crippen LogP contribution < -0.4 is 0 Å². The van der Waals surface area contributed by atoms with Crippen LogP contribution in [0.1, 0.15) is 5.56 Å². The van der Waals surface area contributed by atoms with Gasteiger partial charge in [0.05, 0.1) is 0 Å². The molecule has 0 aromatic heterocycles. The Balaban J connectivity index is 2.56. The zero-order valence-electron chi connectivity index (χ0n) is 7.95. The number of alkyl halides is 2. The molecule has 0 aliphatic rings. The van der Waals surface area contributed by atoms with Gasteiger partial charge in [-0.2, -0.15) is 8.78 Å². The number of fused-ring (bicyclic) bond motifs is 1. The maximum atomic E-state index is 13.2. The third kappa shape index (κ3) is 1.83. The molecule has 0 fully saturated rings. The SMILES string of the molecule is OCC(F)(F)c1ccc2ccccc2c1. The van der Waals surface area contributed by atoms with E-state index >= 15 is 0 Å². The van der Waals surface area contributed by atoms with Gasteiger partial charge < -0.3 is 5.11 Å². The zero-order chi connectivity index (χ0) is 10.9. The fourth-order valence-electron chi connectivity index (χ4n) is 1.51. The quantitative estimate of drug-likeness (QED) is 0.804. The van der Waals surface area contributed by atoms with Crippen LogP contribution in [-0.2, 0) is 5.92 Å². The highest BCUT2D eigenvalue weighted by molar-refractivity contribution is 5.83. The average molecular weight is 208 g/mol. The van der Waals surface area contributed by atoms with E-state index in [9.17, 15) is 8.78 Å². The van der Waals surface area contributed by atoms with E-state index in [0.717, 1.165) is 10.8 Å². The van der Waals surface area contributed by atoms with Crippen LogP contribution in [0.5, 0.6) is 0 Å². The molecule has 0 bridgehead atoms. The Morgan fingerprint density at radius 2 is 1.67 bits per heavy atom. The van der Waals surface area contributed by atoms with Crippen LogP contribution in [0.15, 0.2) is 42.5 Å². The van der Waals surface area contributed by atoms with E-state index in [1.54, 1.807) is 18.2 Å². The normalized spacial score (nSPS) is 11.9. The molecule has 0 spiro atoms. The lowest BCUT2D eigenvalue weighted by atomic mass is 10.0. The summed E-state index contributed by atoms with van der Waals surface area (Å²) in [6, 6.07) is 11.7. The van der Waals surface area contributed by atoms with Gasteiger partial charge in [-0.25, -0.2) is 0 Å². The van der Waals surface area contributed by atoms with Crippen LogP contribution in [0.2, 0.25) is 0 Å². The van der Waals surface area contributed by atoms with Gasteiger partial charge in [-0.1, -0.05) is 36.4 Å². The van der Waals surface area contributed by atoms with Crippen LogP contribution in [0.4, 0.5) is 8.78 Å². The number of aliphatic hydroxyl groups is 1. The molecule has 0 amide bonds. The van der Waals surface area contributed by atoms with Crippen molar-refractivity contribution in [2.24, 2.45) is 0 Å². The summed E-state index contributed by atoms with van der Waals surface area (Å²) in [5.74, 6) is -3.16. The standard InChI is InChI=1S/C12H10F2O/c13-12(14,8-15)11-6-5-9-3-1-2-4-10(9)7-11/h1-7,15H,8H2. The smallest absolute Gasteiger partial charge is 0.295 e. The van der Waals surface area contributed by atoms with Gasteiger partial charge in [0.1, 0.15) is 6.61 Å². The van der Waals surface area contributed by atoms with Gasteiger partial charge in [0.25, 0.3) is 5.92 Å². The second kappa shape index (κ2) is 3.59. The van der Waals surface area contributed by atoms with Crippen molar-refractivity contribution in [2.75, 3.05) is 6.61 Å². The number of halogens is 2. The molecule has 0 saturated heterocycles. The molecule has 2 rings (SSSR count). The van der Waals surface area contributed by atoms with Crippen molar-refractivity contribution < 1.29 is 13.9 Å². The lowest BCUT2D eigenvalue weighted by Crippen LogP contribution is -2.18. The Hall–Kier alpha value is -1.48. The van der Waals surface area contributed by atoms with Crippen molar-refractivity contribution in [1.82, 2.24) is 0 Å². The molecule has 78 valence electrons. The Morgan fingerprint density at radius 3 is 2.33 bits per heavy atom. The molecule has 3 heteroatoms. The van der Waals surface area contributed by atoms with Crippen molar-refractivity contribution in [3.63, 3.8) is 0 Å². The van der Waals surface area contributed by atoms with Gasteiger partial charge in [0, 0.05) is 5.56 Å². The third-order valence-corrected chi connectivity index (χ3v) is 2.37. The third-order valence-electron chi connectivity index (χ3n) is 2.37. The largest absolute Gasteiger partial charge is 0.390 e. The van der Waals surface area contributed by atoms with Gasteiger partial charge >= 0.3 is 0 Å². The molecule has 15 heavy (non-hydrogen) atoms. The molecule has 0 heterocycles. The fourth-order valence-corrected chi connectivity index (χ4v) is 1.51. The highest BCUT2D eigenvalue weighted by Gasteiger charge is 2.30. The monoisotopic (exact) mass is 208 g/mol. The maximum absolute atomic E-state index is 13.2. The summed E-state index contributed by atoms with van der Waals surface area (Å²) in [7, 11) is 0. The highest BCUT2D eigenvalue weighted by atomic mass is 19.3. The van der Waals surface area contributed by atoms with E-state index < -0.39 is 12.5 Å². The van der Waals surface area contributed by atoms with Gasteiger partial charge in [-0.05, 0) is 16.8 Å². The lowest BCUT2D eigenvalue weighted by molar-refractivity contribution is -0.0555. The molecule has 0 atom stereocenters. The van der Waals surface area contributed by atoms with Crippen molar-refractivity contribution in [3.8, 4) is 0 Å². The van der Waals surface area contributed by atoms with Crippen molar-refractivity contribution in [1.29, 1.82) is 0 Å². The molecule has 0 aliphatic heterocycles. The van der Waals surface area contributed by atoms with Crippen LogP contribution in [0.3, 0.4) is 0 Å². The van der Waals surface area contributed by atoms with E-state index in [2.05, 4.69) is 0 Å². The van der Waals surface area contributed by atoms with E-state index in [4.69, 9.17) is 5.11 Å². The molecule has 1 N–H and O–H groups in total. The summed E-state index contributed by atoms with van der Waals surface area (Å²) in [6.07, 6.45) is 0. The predicted octanol–water partition coefficient (Wildman–Crippen LogP) is 2.92. The van der Waals surface area contributed by atoms with Crippen molar-refractivity contribution in [3.05, 3.63) is 48.0 Å². The summed E-state index contributed by atoms with van der Waals surface area (Å²) < 4.78 is 26.3. The first-order valence-electron chi connectivity index (χ1n) is 4.61. The minimum Gasteiger partial charge on any atom is -0.390 e. The first kappa shape index (κ1) is 10.1. The van der Waals surface area contributed by atoms with Crippen LogP contribution in [0.25, 0.3) is 10.8 Å². The van der Waals surface area contributed by atoms with Gasteiger partial charge in [-0.3, -0.25) is 0 Å². The number of aliphatic hydroxyl groups excluding tert-OH is 1. The Kier molecular flexibility index (Phi) is 2.40. The van der Waals surface area contributed by atoms with E-state index in [0.29, 0.717) is 0 Å². The Labute approximate surface area is 86.0 Å². The zero-order valence-corrected chi connectivity index (χ0v) is 7.95. The average Bonchev–Trinajstić information content (AvgIpc) is 2.28. The van der Waals surface area contributed by atoms with Crippen LogP contribution in [-0.4, -0.2) is 11.7 Å². The minimum atomic E-state index is -3.16. The summed E-state index contributed by atoms with van der Waals surface area (Å²) in [4.78, 5) is 0. The Morgan fingerprint density at radius 1 is 1.00 bits per heavy atom. The molecule has 0 aliphatic carbocycles. The highest BCUT2D eigenvalue weighted by Crippen LogP contribution is 2.29. The summed E-state index contributed by atoms with van der Waals surface area (Å²) >= 11 is 0. The van der Waals surface area contributed by atoms with Crippen LogP contribution in [0, 0.1) is 0 Å². The first-order valence-corrected chi connectivity index (χ1v) is 4.61. The number of hydrogen-bond acceptors (Lipinski definition) is 1. The summed E-state index contributed by atoms with van der Waals surface area (Å²) in [5, 5.41) is 10.2. The number of benzene rings is 2. The summed E-state index contributed by atoms with van der Waals surface area (Å²) in [6.45, 7) is -1.16. The van der Waals surface area contributed by atoms with Crippen LogP contribution >= 0.6 is 0 Å². The van der Waals surface area contributed by atoms with E-state index in [1.165, 1.54) is 12.1 Å². The molecule has 1 nitrogen and oxygen atoms in total. The van der Waals surface area contributed by atoms with Crippen molar-refractivity contribution >= 4 is 10.8 Å². The maximum Gasteiger partial charge on any atom is 0.295 e.